The molecule has 254 valence electrons. The zero-order valence-corrected chi connectivity index (χ0v) is 30.8. The van der Waals surface area contributed by atoms with Crippen molar-refractivity contribution in [3.05, 3.63) is 0 Å². The summed E-state index contributed by atoms with van der Waals surface area (Å²) in [5.41, 5.74) is 0.646. The molecular weight excluding hydrogens is 504 g/mol. The van der Waals surface area contributed by atoms with Crippen LogP contribution in [-0.4, -0.2) is 0 Å². The van der Waals surface area contributed by atoms with Gasteiger partial charge in [-0.15, -0.1) is 0 Å². The maximum absolute atomic E-state index is 2.36. The Kier molecular flexibility index (Phi) is 33.9. The van der Waals surface area contributed by atoms with E-state index in [2.05, 4.69) is 34.6 Å². The van der Waals surface area contributed by atoms with Crippen molar-refractivity contribution < 1.29 is 0 Å². The van der Waals surface area contributed by atoms with E-state index in [0.29, 0.717) is 5.41 Å². The van der Waals surface area contributed by atoms with E-state index in [4.69, 9.17) is 0 Å². The molecule has 0 saturated heterocycles. The average molecular weight is 591 g/mol. The Morgan fingerprint density at radius 2 is 0.476 bits per heavy atom. The van der Waals surface area contributed by atoms with Gasteiger partial charge in [0.2, 0.25) is 0 Å². The number of unbranched alkanes of at least 4 members (excludes halogenated alkanes) is 25. The topological polar surface area (TPSA) is 0 Å². The van der Waals surface area contributed by atoms with Crippen LogP contribution in [0.2, 0.25) is 0 Å². The summed E-state index contributed by atoms with van der Waals surface area (Å²) in [6.07, 6.45) is 51.6. The zero-order chi connectivity index (χ0) is 30.8. The summed E-state index contributed by atoms with van der Waals surface area (Å²) in [5.74, 6) is 0.997. The molecule has 0 bridgehead atoms. The summed E-state index contributed by atoms with van der Waals surface area (Å²) < 4.78 is 0. The lowest BCUT2D eigenvalue weighted by molar-refractivity contribution is 0.0813. The molecule has 0 aromatic rings. The Labute approximate surface area is 270 Å². The largest absolute Gasteiger partial charge is 0.0654 e. The maximum Gasteiger partial charge on any atom is -0.0269 e. The van der Waals surface area contributed by atoms with E-state index < -0.39 is 0 Å². The third-order valence-electron chi connectivity index (χ3n) is 10.8. The molecule has 0 spiro atoms. The lowest BCUT2D eigenvalue weighted by atomic mass is 9.62. The van der Waals surface area contributed by atoms with Crippen LogP contribution < -0.4 is 0 Å². The van der Waals surface area contributed by atoms with Gasteiger partial charge in [0, 0.05) is 0 Å². The first kappa shape index (κ1) is 42.0. The highest BCUT2D eigenvalue weighted by Gasteiger charge is 2.36. The average Bonchev–Trinajstić information content (AvgIpc) is 3.00. The zero-order valence-electron chi connectivity index (χ0n) is 30.8. The van der Waals surface area contributed by atoms with Crippen molar-refractivity contribution in [1.29, 1.82) is 0 Å². The molecule has 0 rings (SSSR count). The standard InChI is InChI=1S/C42H86/c1-6-11-16-21-26-31-36-41(37-32-27-22-17-12-7-2)42(38-33-28-23-18-13-8-3,39-34-29-24-19-14-9-4)40-35-30-25-20-15-10-5/h41H,6-40H2,1-5H3. The second-order valence-electron chi connectivity index (χ2n) is 14.7. The van der Waals surface area contributed by atoms with Gasteiger partial charge in [0.1, 0.15) is 0 Å². The first-order valence-electron chi connectivity index (χ1n) is 20.7. The molecule has 0 saturated carbocycles. The highest BCUT2D eigenvalue weighted by atomic mass is 14.4. The van der Waals surface area contributed by atoms with Gasteiger partial charge < -0.3 is 0 Å². The van der Waals surface area contributed by atoms with Crippen molar-refractivity contribution >= 4 is 0 Å². The van der Waals surface area contributed by atoms with Crippen LogP contribution in [0.5, 0.6) is 0 Å². The van der Waals surface area contributed by atoms with Crippen molar-refractivity contribution in [1.82, 2.24) is 0 Å². The monoisotopic (exact) mass is 591 g/mol. The van der Waals surface area contributed by atoms with Gasteiger partial charge in [0.05, 0.1) is 0 Å². The third-order valence-corrected chi connectivity index (χ3v) is 10.8. The molecule has 0 radical (unpaired) electrons. The summed E-state index contributed by atoms with van der Waals surface area (Å²) in [4.78, 5) is 0. The van der Waals surface area contributed by atoms with E-state index in [9.17, 15) is 0 Å². The van der Waals surface area contributed by atoms with E-state index in [-0.39, 0.29) is 0 Å². The second kappa shape index (κ2) is 33.9. The Balaban J connectivity index is 5.61. The molecule has 0 amide bonds. The summed E-state index contributed by atoms with van der Waals surface area (Å²) >= 11 is 0. The van der Waals surface area contributed by atoms with Crippen molar-refractivity contribution in [3.63, 3.8) is 0 Å². The molecule has 42 heavy (non-hydrogen) atoms. The highest BCUT2D eigenvalue weighted by Crippen LogP contribution is 2.48. The fraction of sp³-hybridized carbons (Fsp3) is 1.00. The van der Waals surface area contributed by atoms with Gasteiger partial charge in [0.15, 0.2) is 0 Å². The molecule has 0 nitrogen and oxygen atoms in total. The van der Waals surface area contributed by atoms with Gasteiger partial charge in [-0.05, 0) is 43.4 Å². The predicted octanol–water partition coefficient (Wildman–Crippen LogP) is 16.3. The van der Waals surface area contributed by atoms with E-state index in [1.165, 1.54) is 193 Å². The molecule has 0 aromatic carbocycles. The predicted molar refractivity (Wildman–Crippen MR) is 196 cm³/mol. The van der Waals surface area contributed by atoms with Gasteiger partial charge >= 0.3 is 0 Å². The Hall–Kier alpha value is 0. The molecule has 0 heterocycles. The van der Waals surface area contributed by atoms with Crippen molar-refractivity contribution in [2.75, 3.05) is 0 Å². The maximum atomic E-state index is 2.36. The normalized spacial score (nSPS) is 12.1. The quantitative estimate of drug-likeness (QED) is 0.0637. The minimum absolute atomic E-state index is 0.646. The molecule has 0 N–H and O–H groups in total. The van der Waals surface area contributed by atoms with Crippen LogP contribution >= 0.6 is 0 Å². The van der Waals surface area contributed by atoms with Gasteiger partial charge in [-0.25, -0.2) is 0 Å². The van der Waals surface area contributed by atoms with Crippen LogP contribution in [0.15, 0.2) is 0 Å². The van der Waals surface area contributed by atoms with Gasteiger partial charge in [-0.2, -0.15) is 0 Å². The summed E-state index contributed by atoms with van der Waals surface area (Å²) in [6.45, 7) is 11.8. The van der Waals surface area contributed by atoms with Gasteiger partial charge in [-0.1, -0.05) is 227 Å². The second-order valence-corrected chi connectivity index (χ2v) is 14.7. The molecule has 0 fully saturated rings. The fourth-order valence-corrected chi connectivity index (χ4v) is 7.86. The summed E-state index contributed by atoms with van der Waals surface area (Å²) in [5, 5.41) is 0. The van der Waals surface area contributed by atoms with Crippen LogP contribution in [0.3, 0.4) is 0 Å². The van der Waals surface area contributed by atoms with Crippen LogP contribution in [0.4, 0.5) is 0 Å². The third kappa shape index (κ3) is 25.3. The fourth-order valence-electron chi connectivity index (χ4n) is 7.86. The Morgan fingerprint density at radius 3 is 0.738 bits per heavy atom. The van der Waals surface area contributed by atoms with Gasteiger partial charge in [0.25, 0.3) is 0 Å². The van der Waals surface area contributed by atoms with Crippen LogP contribution in [0.1, 0.15) is 259 Å². The molecular formula is C42H86. The van der Waals surface area contributed by atoms with Crippen LogP contribution in [-0.2, 0) is 0 Å². The van der Waals surface area contributed by atoms with Gasteiger partial charge in [-0.3, -0.25) is 0 Å². The summed E-state index contributed by atoms with van der Waals surface area (Å²) in [7, 11) is 0. The molecule has 0 aromatic heterocycles. The van der Waals surface area contributed by atoms with E-state index in [1.807, 2.05) is 0 Å². The van der Waals surface area contributed by atoms with Crippen molar-refractivity contribution in [2.24, 2.45) is 11.3 Å². The lowest BCUT2D eigenvalue weighted by Gasteiger charge is -2.43. The lowest BCUT2D eigenvalue weighted by Crippen LogP contribution is -2.32. The van der Waals surface area contributed by atoms with E-state index in [1.54, 1.807) is 32.1 Å². The SMILES string of the molecule is CCCCCCCCC(CCCCCCCC)C(CCCCCCCC)(CCCCCCCC)CCCCCCCC. The number of hydrogen-bond acceptors (Lipinski definition) is 0. The van der Waals surface area contributed by atoms with Crippen LogP contribution in [0.25, 0.3) is 0 Å². The first-order chi connectivity index (χ1) is 20.7. The first-order valence-corrected chi connectivity index (χ1v) is 20.7. The minimum Gasteiger partial charge on any atom is -0.0654 e. The summed E-state index contributed by atoms with van der Waals surface area (Å²) in [6, 6.07) is 0. The molecule has 0 atom stereocenters. The van der Waals surface area contributed by atoms with E-state index in [0.717, 1.165) is 5.92 Å². The number of rotatable bonds is 36. The minimum atomic E-state index is 0.646. The highest BCUT2D eigenvalue weighted by molar-refractivity contribution is 4.87. The molecule has 0 aliphatic rings. The smallest absolute Gasteiger partial charge is 0.0269 e. The molecule has 0 aliphatic heterocycles. The van der Waals surface area contributed by atoms with E-state index >= 15 is 0 Å². The molecule has 0 aliphatic carbocycles. The number of hydrogen-bond donors (Lipinski definition) is 0. The van der Waals surface area contributed by atoms with Crippen molar-refractivity contribution in [2.45, 2.75) is 259 Å². The Bertz CT molecular complexity index is 422. The van der Waals surface area contributed by atoms with Crippen LogP contribution in [0, 0.1) is 11.3 Å². The molecule has 0 unspecified atom stereocenters. The molecule has 0 heteroatoms. The van der Waals surface area contributed by atoms with Crippen molar-refractivity contribution in [3.8, 4) is 0 Å². The Morgan fingerprint density at radius 1 is 0.262 bits per heavy atom.